The molecule has 1 amide bonds. The summed E-state index contributed by atoms with van der Waals surface area (Å²) in [6.07, 6.45) is 0.672. The number of carboxylic acid groups (broad SMARTS) is 1. The van der Waals surface area contributed by atoms with Gasteiger partial charge in [-0.25, -0.2) is 4.79 Å². The smallest absolute Gasteiger partial charge is 0.404 e. The maximum Gasteiger partial charge on any atom is 0.404 e. The first-order valence-corrected chi connectivity index (χ1v) is 8.40. The van der Waals surface area contributed by atoms with Crippen LogP contribution in [0.25, 0.3) is 0 Å². The van der Waals surface area contributed by atoms with Gasteiger partial charge < -0.3 is 25.3 Å². The third kappa shape index (κ3) is 4.15. The topological polar surface area (TPSA) is 76.0 Å². The number of nitrogens with zero attached hydrogens (tertiary/aromatic N) is 2. The fraction of sp³-hybridized carbons (Fsp3) is 0.316. The third-order valence-electron chi connectivity index (χ3n) is 4.64. The number of phenols is 1. The van der Waals surface area contributed by atoms with E-state index >= 15 is 0 Å². The molecule has 0 unspecified atom stereocenters. The molecule has 2 aromatic carbocycles. The maximum atomic E-state index is 10.7. The number of nitrogens with one attached hydrogen (secondary N) is 1. The number of aromatic hydroxyl groups is 1. The van der Waals surface area contributed by atoms with Gasteiger partial charge in [-0.2, -0.15) is 0 Å². The number of phenolic OH excluding ortho intramolecular Hbond substituents is 1. The first-order valence-electron chi connectivity index (χ1n) is 8.40. The summed E-state index contributed by atoms with van der Waals surface area (Å²) in [6.45, 7) is 1.66. The van der Waals surface area contributed by atoms with Gasteiger partial charge >= 0.3 is 6.09 Å². The van der Waals surface area contributed by atoms with Crippen LogP contribution >= 0.6 is 0 Å². The highest BCUT2D eigenvalue weighted by molar-refractivity contribution is 5.68. The van der Waals surface area contributed by atoms with Crippen molar-refractivity contribution >= 4 is 23.2 Å². The van der Waals surface area contributed by atoms with Gasteiger partial charge in [0.05, 0.1) is 0 Å². The molecule has 0 bridgehead atoms. The molecule has 1 saturated heterocycles. The van der Waals surface area contributed by atoms with Crippen LogP contribution < -0.4 is 15.1 Å². The maximum absolute atomic E-state index is 10.7. The monoisotopic (exact) mass is 341 g/mol. The molecule has 132 valence electrons. The highest BCUT2D eigenvalue weighted by Gasteiger charge is 2.21. The van der Waals surface area contributed by atoms with E-state index in [1.807, 2.05) is 25.2 Å². The van der Waals surface area contributed by atoms with E-state index in [0.717, 1.165) is 43.0 Å². The summed E-state index contributed by atoms with van der Waals surface area (Å²) in [5, 5.41) is 20.8. The van der Waals surface area contributed by atoms with Crippen LogP contribution in [0.1, 0.15) is 12.8 Å². The highest BCUT2D eigenvalue weighted by atomic mass is 16.4. The normalized spacial score (nSPS) is 15.0. The van der Waals surface area contributed by atoms with E-state index in [1.54, 1.807) is 12.1 Å². The molecule has 6 heteroatoms. The fourth-order valence-corrected chi connectivity index (χ4v) is 3.18. The number of piperidine rings is 1. The van der Waals surface area contributed by atoms with E-state index in [9.17, 15) is 9.90 Å². The molecule has 0 saturated carbocycles. The number of amides is 1. The van der Waals surface area contributed by atoms with Gasteiger partial charge in [0.1, 0.15) is 5.75 Å². The Morgan fingerprint density at radius 2 is 1.80 bits per heavy atom. The molecule has 25 heavy (non-hydrogen) atoms. The second-order valence-corrected chi connectivity index (χ2v) is 6.31. The van der Waals surface area contributed by atoms with Gasteiger partial charge in [-0.05, 0) is 55.3 Å². The van der Waals surface area contributed by atoms with Crippen molar-refractivity contribution in [3.05, 3.63) is 48.5 Å². The lowest BCUT2D eigenvalue weighted by Gasteiger charge is -2.34. The van der Waals surface area contributed by atoms with Crippen LogP contribution in [0.5, 0.6) is 5.75 Å². The minimum absolute atomic E-state index is 0.0385. The fourth-order valence-electron chi connectivity index (χ4n) is 3.18. The first-order chi connectivity index (χ1) is 12.0. The Morgan fingerprint density at radius 3 is 2.44 bits per heavy atom. The Kier molecular flexibility index (Phi) is 4.97. The van der Waals surface area contributed by atoms with Crippen LogP contribution in [0.2, 0.25) is 0 Å². The number of hydrogen-bond acceptors (Lipinski definition) is 4. The number of hydrogen-bond donors (Lipinski definition) is 3. The molecule has 0 spiro atoms. The molecule has 1 aliphatic heterocycles. The molecule has 3 rings (SSSR count). The molecule has 1 heterocycles. The second kappa shape index (κ2) is 7.34. The minimum Gasteiger partial charge on any atom is -0.508 e. The molecule has 1 fully saturated rings. The van der Waals surface area contributed by atoms with E-state index < -0.39 is 6.09 Å². The molecule has 0 aliphatic carbocycles. The molecule has 0 radical (unpaired) electrons. The highest BCUT2D eigenvalue weighted by Crippen LogP contribution is 2.29. The number of rotatable bonds is 4. The molecule has 6 nitrogen and oxygen atoms in total. The van der Waals surface area contributed by atoms with E-state index in [4.69, 9.17) is 5.11 Å². The first kappa shape index (κ1) is 17.0. The van der Waals surface area contributed by atoms with Crippen LogP contribution in [0.4, 0.5) is 21.9 Å². The Morgan fingerprint density at radius 1 is 1.12 bits per heavy atom. The molecule has 2 aromatic rings. The van der Waals surface area contributed by atoms with Crippen molar-refractivity contribution in [2.75, 3.05) is 29.9 Å². The number of carbonyl (C=O) groups is 1. The molecule has 1 aliphatic rings. The molecule has 0 aromatic heterocycles. The second-order valence-electron chi connectivity index (χ2n) is 6.31. The zero-order chi connectivity index (χ0) is 17.8. The lowest BCUT2D eigenvalue weighted by atomic mass is 10.0. The van der Waals surface area contributed by atoms with E-state index in [1.165, 1.54) is 0 Å². The summed E-state index contributed by atoms with van der Waals surface area (Å²) in [5.41, 5.74) is 3.20. The standard InChI is InChI=1S/C19H23N3O3/c1-21(15-5-7-18(23)8-6-15)16-3-2-4-17(13-16)22-11-9-14(10-12-22)20-19(24)25/h2-8,13-14,20,23H,9-12H2,1H3,(H,24,25). The van der Waals surface area contributed by atoms with E-state index in [2.05, 4.69) is 33.3 Å². The van der Waals surface area contributed by atoms with Crippen molar-refractivity contribution < 1.29 is 15.0 Å². The zero-order valence-electron chi connectivity index (χ0n) is 14.2. The Labute approximate surface area is 147 Å². The van der Waals surface area contributed by atoms with Gasteiger partial charge in [0.2, 0.25) is 0 Å². The SMILES string of the molecule is CN(c1ccc(O)cc1)c1cccc(N2CCC(NC(=O)O)CC2)c1. The lowest BCUT2D eigenvalue weighted by Crippen LogP contribution is -2.44. The minimum atomic E-state index is -0.948. The van der Waals surface area contributed by atoms with Gasteiger partial charge in [-0.3, -0.25) is 0 Å². The molecular formula is C19H23N3O3. The van der Waals surface area contributed by atoms with Gasteiger partial charge in [0.15, 0.2) is 0 Å². The Balaban J connectivity index is 1.69. The van der Waals surface area contributed by atoms with Crippen LogP contribution in [-0.2, 0) is 0 Å². The van der Waals surface area contributed by atoms with E-state index in [0.29, 0.717) is 0 Å². The van der Waals surface area contributed by atoms with Gasteiger partial charge in [-0.1, -0.05) is 6.07 Å². The van der Waals surface area contributed by atoms with Gasteiger partial charge in [0, 0.05) is 43.2 Å². The van der Waals surface area contributed by atoms with Crippen LogP contribution in [0.15, 0.2) is 48.5 Å². The van der Waals surface area contributed by atoms with Crippen LogP contribution in [0, 0.1) is 0 Å². The van der Waals surface area contributed by atoms with Crippen molar-refractivity contribution in [2.45, 2.75) is 18.9 Å². The van der Waals surface area contributed by atoms with Crippen molar-refractivity contribution in [3.8, 4) is 5.75 Å². The van der Waals surface area contributed by atoms with E-state index in [-0.39, 0.29) is 11.8 Å². The average Bonchev–Trinajstić information content (AvgIpc) is 2.62. The summed E-state index contributed by atoms with van der Waals surface area (Å²) in [6, 6.07) is 15.5. The number of anilines is 3. The third-order valence-corrected chi connectivity index (χ3v) is 4.64. The van der Waals surface area contributed by atoms with Crippen molar-refractivity contribution in [2.24, 2.45) is 0 Å². The Hall–Kier alpha value is -2.89. The quantitative estimate of drug-likeness (QED) is 0.795. The average molecular weight is 341 g/mol. The summed E-state index contributed by atoms with van der Waals surface area (Å²) in [4.78, 5) is 15.1. The van der Waals surface area contributed by atoms with Crippen molar-refractivity contribution in [1.82, 2.24) is 5.32 Å². The zero-order valence-corrected chi connectivity index (χ0v) is 14.2. The lowest BCUT2D eigenvalue weighted by molar-refractivity contribution is 0.187. The summed E-state index contributed by atoms with van der Waals surface area (Å²) >= 11 is 0. The van der Waals surface area contributed by atoms with Crippen molar-refractivity contribution in [1.29, 1.82) is 0 Å². The Bertz CT molecular complexity index is 725. The summed E-state index contributed by atoms with van der Waals surface area (Å²) < 4.78 is 0. The molecule has 0 atom stereocenters. The largest absolute Gasteiger partial charge is 0.508 e. The summed E-state index contributed by atoms with van der Waals surface area (Å²) in [7, 11) is 1.99. The predicted octanol–water partition coefficient (Wildman–Crippen LogP) is 3.40. The predicted molar refractivity (Wildman–Crippen MR) is 99.0 cm³/mol. The van der Waals surface area contributed by atoms with Crippen LogP contribution in [0.3, 0.4) is 0 Å². The van der Waals surface area contributed by atoms with Crippen LogP contribution in [-0.4, -0.2) is 42.5 Å². The van der Waals surface area contributed by atoms with Crippen molar-refractivity contribution in [3.63, 3.8) is 0 Å². The number of benzene rings is 2. The molecular weight excluding hydrogens is 318 g/mol. The van der Waals surface area contributed by atoms with Gasteiger partial charge in [0.25, 0.3) is 0 Å². The van der Waals surface area contributed by atoms with Gasteiger partial charge in [-0.15, -0.1) is 0 Å². The summed E-state index contributed by atoms with van der Waals surface area (Å²) in [5.74, 6) is 0.253. The molecule has 3 N–H and O–H groups in total.